The Labute approximate surface area is 135 Å². The first kappa shape index (κ1) is 15.7. The molecule has 0 aliphatic carbocycles. The molecule has 1 aromatic carbocycles. The van der Waals surface area contributed by atoms with E-state index in [0.717, 1.165) is 29.3 Å². The van der Waals surface area contributed by atoms with Gasteiger partial charge < -0.3 is 14.6 Å². The van der Waals surface area contributed by atoms with Crippen LogP contribution >= 0.6 is 0 Å². The second-order valence-corrected chi connectivity index (χ2v) is 6.10. The lowest BCUT2D eigenvalue weighted by Gasteiger charge is -2.30. The van der Waals surface area contributed by atoms with Gasteiger partial charge in [0, 0.05) is 49.5 Å². The monoisotopic (exact) mass is 314 g/mol. The highest BCUT2D eigenvalue weighted by atomic mass is 16.5. The number of ether oxygens (including phenoxy) is 1. The number of aromatic amines is 1. The van der Waals surface area contributed by atoms with E-state index in [9.17, 15) is 9.59 Å². The number of carbonyl (C=O) groups is 2. The molecule has 0 spiro atoms. The van der Waals surface area contributed by atoms with Crippen molar-refractivity contribution in [3.8, 4) is 0 Å². The van der Waals surface area contributed by atoms with Gasteiger partial charge >= 0.3 is 0 Å². The minimum atomic E-state index is -0.0331. The largest absolute Gasteiger partial charge is 0.380 e. The summed E-state index contributed by atoms with van der Waals surface area (Å²) in [5, 5.41) is 1.04. The molecule has 0 saturated carbocycles. The molecule has 1 N–H and O–H groups in total. The average molecular weight is 314 g/mol. The number of likely N-dealkylation sites (tertiary alicyclic amines) is 1. The fraction of sp³-hybridized carbons (Fsp3) is 0.444. The minimum absolute atomic E-state index is 0.0331. The molecule has 1 fully saturated rings. The molecular weight excluding hydrogens is 292 g/mol. The SMILES string of the molecule is COCc1c(C(=O)C2CCN(C(C)=O)CC2)[nH]c2ccccc12. The Morgan fingerprint density at radius 1 is 1.26 bits per heavy atom. The first-order valence-corrected chi connectivity index (χ1v) is 8.00. The molecule has 5 nitrogen and oxygen atoms in total. The highest BCUT2D eigenvalue weighted by Crippen LogP contribution is 2.28. The van der Waals surface area contributed by atoms with Gasteiger partial charge in [0.05, 0.1) is 12.3 Å². The summed E-state index contributed by atoms with van der Waals surface area (Å²) in [5.41, 5.74) is 2.56. The summed E-state index contributed by atoms with van der Waals surface area (Å²) < 4.78 is 5.30. The molecule has 1 amide bonds. The Balaban J connectivity index is 1.86. The van der Waals surface area contributed by atoms with Crippen LogP contribution in [0.25, 0.3) is 10.9 Å². The van der Waals surface area contributed by atoms with Crippen LogP contribution in [0.15, 0.2) is 24.3 Å². The summed E-state index contributed by atoms with van der Waals surface area (Å²) in [6, 6.07) is 7.91. The van der Waals surface area contributed by atoms with Crippen LogP contribution in [0.3, 0.4) is 0 Å². The fourth-order valence-electron chi connectivity index (χ4n) is 3.37. The number of hydrogen-bond acceptors (Lipinski definition) is 3. The van der Waals surface area contributed by atoms with Crippen LogP contribution in [0.1, 0.15) is 35.8 Å². The topological polar surface area (TPSA) is 62.4 Å². The number of fused-ring (bicyclic) bond motifs is 1. The Morgan fingerprint density at radius 3 is 2.61 bits per heavy atom. The van der Waals surface area contributed by atoms with Gasteiger partial charge in [0.1, 0.15) is 0 Å². The average Bonchev–Trinajstić information content (AvgIpc) is 2.93. The van der Waals surface area contributed by atoms with Gasteiger partial charge in [-0.15, -0.1) is 0 Å². The number of carbonyl (C=O) groups excluding carboxylic acids is 2. The number of ketones is 1. The zero-order valence-corrected chi connectivity index (χ0v) is 13.6. The summed E-state index contributed by atoms with van der Waals surface area (Å²) >= 11 is 0. The van der Waals surface area contributed by atoms with Crippen LogP contribution in [0.5, 0.6) is 0 Å². The van der Waals surface area contributed by atoms with Crippen LogP contribution < -0.4 is 0 Å². The van der Waals surface area contributed by atoms with Crippen molar-refractivity contribution in [2.75, 3.05) is 20.2 Å². The van der Waals surface area contributed by atoms with Crippen molar-refractivity contribution < 1.29 is 14.3 Å². The first-order valence-electron chi connectivity index (χ1n) is 8.00. The van der Waals surface area contributed by atoms with Gasteiger partial charge in [-0.3, -0.25) is 9.59 Å². The molecule has 1 aliphatic rings. The predicted molar refractivity (Wildman–Crippen MR) is 88.3 cm³/mol. The molecule has 1 aromatic heterocycles. The van der Waals surface area contributed by atoms with Gasteiger partial charge in [-0.05, 0) is 18.9 Å². The maximum atomic E-state index is 13.0. The Morgan fingerprint density at radius 2 is 1.96 bits per heavy atom. The number of hydrogen-bond donors (Lipinski definition) is 1. The Hall–Kier alpha value is -2.14. The number of aromatic nitrogens is 1. The van der Waals surface area contributed by atoms with Crippen molar-refractivity contribution in [2.24, 2.45) is 5.92 Å². The molecule has 5 heteroatoms. The summed E-state index contributed by atoms with van der Waals surface area (Å²) in [6.45, 7) is 3.31. The van der Waals surface area contributed by atoms with Crippen molar-refractivity contribution in [3.63, 3.8) is 0 Å². The summed E-state index contributed by atoms with van der Waals surface area (Å²) in [7, 11) is 1.64. The van der Waals surface area contributed by atoms with Crippen LogP contribution in [-0.4, -0.2) is 41.8 Å². The molecule has 0 unspecified atom stereocenters. The number of para-hydroxylation sites is 1. The van der Waals surface area contributed by atoms with Crippen molar-refractivity contribution in [3.05, 3.63) is 35.5 Å². The second kappa shape index (κ2) is 6.54. The quantitative estimate of drug-likeness (QED) is 0.883. The van der Waals surface area contributed by atoms with Crippen LogP contribution in [-0.2, 0) is 16.1 Å². The minimum Gasteiger partial charge on any atom is -0.380 e. The second-order valence-electron chi connectivity index (χ2n) is 6.10. The van der Waals surface area contributed by atoms with Gasteiger partial charge in [0.2, 0.25) is 5.91 Å². The standard InChI is InChI=1S/C18H22N2O3/c1-12(21)20-9-7-13(8-10-20)18(22)17-15(11-23-2)14-5-3-4-6-16(14)19-17/h3-6,13,19H,7-11H2,1-2H3. The van der Waals surface area contributed by atoms with Crippen molar-refractivity contribution >= 4 is 22.6 Å². The molecule has 3 rings (SSSR count). The van der Waals surface area contributed by atoms with E-state index < -0.39 is 0 Å². The molecule has 0 atom stereocenters. The van der Waals surface area contributed by atoms with Crippen molar-refractivity contribution in [1.29, 1.82) is 0 Å². The molecule has 1 saturated heterocycles. The molecule has 1 aliphatic heterocycles. The summed E-state index contributed by atoms with van der Waals surface area (Å²) in [6.07, 6.45) is 1.44. The number of methoxy groups -OCH3 is 1. The van der Waals surface area contributed by atoms with E-state index in [4.69, 9.17) is 4.74 Å². The number of nitrogens with zero attached hydrogens (tertiary/aromatic N) is 1. The summed E-state index contributed by atoms with van der Waals surface area (Å²) in [4.78, 5) is 29.5. The van der Waals surface area contributed by atoms with E-state index in [2.05, 4.69) is 4.98 Å². The number of Topliss-reactive ketones (excluding diaryl/α,β-unsaturated/α-hetero) is 1. The van der Waals surface area contributed by atoms with Crippen LogP contribution in [0, 0.1) is 5.92 Å². The molecular formula is C18H22N2O3. The van der Waals surface area contributed by atoms with E-state index >= 15 is 0 Å². The summed E-state index contributed by atoms with van der Waals surface area (Å²) in [5.74, 6) is 0.187. The maximum Gasteiger partial charge on any atom is 0.219 e. The lowest BCUT2D eigenvalue weighted by molar-refractivity contribution is -0.130. The van der Waals surface area contributed by atoms with Gasteiger partial charge in [-0.1, -0.05) is 18.2 Å². The normalized spacial score (nSPS) is 16.0. The third kappa shape index (κ3) is 3.01. The predicted octanol–water partition coefficient (Wildman–Crippen LogP) is 2.76. The first-order chi connectivity index (χ1) is 11.1. The molecule has 0 radical (unpaired) electrons. The fourth-order valence-corrected chi connectivity index (χ4v) is 3.37. The molecule has 2 heterocycles. The van der Waals surface area contributed by atoms with E-state index in [1.165, 1.54) is 0 Å². The molecule has 122 valence electrons. The molecule has 23 heavy (non-hydrogen) atoms. The number of piperidine rings is 1. The van der Waals surface area contributed by atoms with Crippen LogP contribution in [0.2, 0.25) is 0 Å². The molecule has 2 aromatic rings. The number of H-pyrrole nitrogens is 1. The number of amides is 1. The third-order valence-corrected chi connectivity index (χ3v) is 4.66. The van der Waals surface area contributed by atoms with Gasteiger partial charge in [0.15, 0.2) is 5.78 Å². The number of nitrogens with one attached hydrogen (secondary N) is 1. The lowest BCUT2D eigenvalue weighted by Crippen LogP contribution is -2.39. The van der Waals surface area contributed by atoms with E-state index in [0.29, 0.717) is 25.4 Å². The zero-order chi connectivity index (χ0) is 16.4. The van der Waals surface area contributed by atoms with E-state index in [1.54, 1.807) is 14.0 Å². The zero-order valence-electron chi connectivity index (χ0n) is 13.6. The Kier molecular flexibility index (Phi) is 4.48. The molecule has 0 bridgehead atoms. The number of benzene rings is 1. The highest BCUT2D eigenvalue weighted by Gasteiger charge is 2.29. The highest BCUT2D eigenvalue weighted by molar-refractivity contribution is 6.03. The maximum absolute atomic E-state index is 13.0. The van der Waals surface area contributed by atoms with Gasteiger partial charge in [-0.2, -0.15) is 0 Å². The van der Waals surface area contributed by atoms with Crippen LogP contribution in [0.4, 0.5) is 0 Å². The lowest BCUT2D eigenvalue weighted by atomic mass is 9.89. The van der Waals surface area contributed by atoms with E-state index in [-0.39, 0.29) is 17.6 Å². The number of rotatable bonds is 4. The Bertz CT molecular complexity index is 727. The smallest absolute Gasteiger partial charge is 0.219 e. The van der Waals surface area contributed by atoms with E-state index in [1.807, 2.05) is 29.2 Å². The van der Waals surface area contributed by atoms with Gasteiger partial charge in [-0.25, -0.2) is 0 Å². The van der Waals surface area contributed by atoms with Crippen molar-refractivity contribution in [2.45, 2.75) is 26.4 Å². The van der Waals surface area contributed by atoms with Gasteiger partial charge in [0.25, 0.3) is 0 Å². The third-order valence-electron chi connectivity index (χ3n) is 4.66. The van der Waals surface area contributed by atoms with Crippen molar-refractivity contribution in [1.82, 2.24) is 9.88 Å².